The summed E-state index contributed by atoms with van der Waals surface area (Å²) in [5.74, 6) is 0.509. The number of amides is 1. The highest BCUT2D eigenvalue weighted by molar-refractivity contribution is 7.13. The molecule has 0 radical (unpaired) electrons. The first kappa shape index (κ1) is 14.8. The van der Waals surface area contributed by atoms with Gasteiger partial charge in [0, 0.05) is 18.7 Å². The van der Waals surface area contributed by atoms with Gasteiger partial charge in [0.2, 0.25) is 5.91 Å². The Bertz CT molecular complexity index is 558. The predicted octanol–water partition coefficient (Wildman–Crippen LogP) is 3.08. The van der Waals surface area contributed by atoms with Gasteiger partial charge in [0.1, 0.15) is 5.69 Å². The number of hydrogen-bond donors (Lipinski definition) is 1. The zero-order valence-corrected chi connectivity index (χ0v) is 13.0. The van der Waals surface area contributed by atoms with Crippen molar-refractivity contribution in [1.29, 1.82) is 0 Å². The molecular weight excluding hydrogens is 270 g/mol. The molecule has 0 saturated heterocycles. The Balaban J connectivity index is 1.89. The van der Waals surface area contributed by atoms with Crippen molar-refractivity contribution in [1.82, 2.24) is 15.1 Å². The van der Waals surface area contributed by atoms with Crippen LogP contribution in [0.15, 0.2) is 23.6 Å². The zero-order chi connectivity index (χ0) is 14.5. The van der Waals surface area contributed by atoms with Crippen molar-refractivity contribution in [3.05, 3.63) is 29.3 Å². The molecule has 1 amide bonds. The Labute approximate surface area is 123 Å². The summed E-state index contributed by atoms with van der Waals surface area (Å²) < 4.78 is 1.95. The van der Waals surface area contributed by atoms with E-state index in [4.69, 9.17) is 0 Å². The summed E-state index contributed by atoms with van der Waals surface area (Å²) in [6, 6.07) is 6.18. The molecule has 0 aromatic carbocycles. The minimum atomic E-state index is 0.114. The largest absolute Gasteiger partial charge is 0.354 e. The SMILES string of the molecule is Cc1cc(-c2cccs2)nn1CCNC(=O)CC(C)C. The molecule has 4 nitrogen and oxygen atoms in total. The first-order chi connectivity index (χ1) is 9.56. The highest BCUT2D eigenvalue weighted by atomic mass is 32.1. The summed E-state index contributed by atoms with van der Waals surface area (Å²) in [6.45, 7) is 7.47. The summed E-state index contributed by atoms with van der Waals surface area (Å²) in [4.78, 5) is 12.8. The Kier molecular flexibility index (Phi) is 4.95. The molecule has 0 unspecified atom stereocenters. The highest BCUT2D eigenvalue weighted by Gasteiger charge is 2.08. The monoisotopic (exact) mass is 291 g/mol. The third kappa shape index (κ3) is 3.93. The van der Waals surface area contributed by atoms with E-state index in [1.54, 1.807) is 11.3 Å². The smallest absolute Gasteiger partial charge is 0.220 e. The Morgan fingerprint density at radius 2 is 2.30 bits per heavy atom. The summed E-state index contributed by atoms with van der Waals surface area (Å²) >= 11 is 1.69. The molecule has 2 rings (SSSR count). The first-order valence-corrected chi connectivity index (χ1v) is 7.79. The molecule has 20 heavy (non-hydrogen) atoms. The standard InChI is InChI=1S/C15H21N3OS/c1-11(2)9-15(19)16-6-7-18-12(3)10-13(17-18)14-5-4-8-20-14/h4-5,8,10-11H,6-7,9H2,1-3H3,(H,16,19). The van der Waals surface area contributed by atoms with Gasteiger partial charge in [-0.1, -0.05) is 19.9 Å². The minimum absolute atomic E-state index is 0.114. The van der Waals surface area contributed by atoms with Crippen LogP contribution in [0.4, 0.5) is 0 Å². The summed E-state index contributed by atoms with van der Waals surface area (Å²) in [5.41, 5.74) is 2.12. The van der Waals surface area contributed by atoms with Gasteiger partial charge in [-0.15, -0.1) is 11.3 Å². The second-order valence-electron chi connectivity index (χ2n) is 5.32. The van der Waals surface area contributed by atoms with Crippen LogP contribution in [0.2, 0.25) is 0 Å². The molecule has 2 aromatic heterocycles. The van der Waals surface area contributed by atoms with Crippen molar-refractivity contribution in [3.63, 3.8) is 0 Å². The first-order valence-electron chi connectivity index (χ1n) is 6.91. The maximum atomic E-state index is 11.6. The molecule has 0 spiro atoms. The molecule has 2 heterocycles. The number of aromatic nitrogens is 2. The number of hydrogen-bond acceptors (Lipinski definition) is 3. The maximum absolute atomic E-state index is 11.6. The fraction of sp³-hybridized carbons (Fsp3) is 0.467. The van der Waals surface area contributed by atoms with Crippen LogP contribution in [0.5, 0.6) is 0 Å². The van der Waals surface area contributed by atoms with E-state index in [2.05, 4.69) is 27.9 Å². The highest BCUT2D eigenvalue weighted by Crippen LogP contribution is 2.23. The molecule has 0 fully saturated rings. The molecule has 0 atom stereocenters. The second-order valence-corrected chi connectivity index (χ2v) is 6.27. The van der Waals surface area contributed by atoms with Crippen molar-refractivity contribution >= 4 is 17.2 Å². The molecular formula is C15H21N3OS. The third-order valence-electron chi connectivity index (χ3n) is 2.99. The molecule has 0 aliphatic heterocycles. The lowest BCUT2D eigenvalue weighted by atomic mass is 10.1. The number of carbonyl (C=O) groups excluding carboxylic acids is 1. The van der Waals surface area contributed by atoms with Crippen molar-refractivity contribution in [2.75, 3.05) is 6.54 Å². The zero-order valence-electron chi connectivity index (χ0n) is 12.2. The topological polar surface area (TPSA) is 46.9 Å². The van der Waals surface area contributed by atoms with E-state index in [0.717, 1.165) is 11.4 Å². The normalized spacial score (nSPS) is 11.0. The van der Waals surface area contributed by atoms with Crippen molar-refractivity contribution in [2.24, 2.45) is 5.92 Å². The molecule has 0 aliphatic rings. The minimum Gasteiger partial charge on any atom is -0.354 e. The lowest BCUT2D eigenvalue weighted by molar-refractivity contribution is -0.121. The Morgan fingerprint density at radius 1 is 1.50 bits per heavy atom. The molecule has 2 aromatic rings. The average Bonchev–Trinajstić information content (AvgIpc) is 2.98. The number of nitrogens with zero attached hydrogens (tertiary/aromatic N) is 2. The van der Waals surface area contributed by atoms with Crippen LogP contribution >= 0.6 is 11.3 Å². The number of nitrogens with one attached hydrogen (secondary N) is 1. The third-order valence-corrected chi connectivity index (χ3v) is 3.89. The predicted molar refractivity (Wildman–Crippen MR) is 82.7 cm³/mol. The van der Waals surface area contributed by atoms with Crippen LogP contribution in [0, 0.1) is 12.8 Å². The van der Waals surface area contributed by atoms with E-state index >= 15 is 0 Å². The summed E-state index contributed by atoms with van der Waals surface area (Å²) in [5, 5.41) is 9.57. The van der Waals surface area contributed by atoms with Crippen molar-refractivity contribution in [2.45, 2.75) is 33.7 Å². The second kappa shape index (κ2) is 6.70. The van der Waals surface area contributed by atoms with Gasteiger partial charge in [0.05, 0.1) is 11.4 Å². The van der Waals surface area contributed by atoms with Gasteiger partial charge in [0.25, 0.3) is 0 Å². The van der Waals surface area contributed by atoms with Crippen LogP contribution in [-0.4, -0.2) is 22.2 Å². The molecule has 0 bridgehead atoms. The van der Waals surface area contributed by atoms with Crippen LogP contribution in [0.1, 0.15) is 26.0 Å². The van der Waals surface area contributed by atoms with E-state index in [0.29, 0.717) is 25.4 Å². The molecule has 0 aliphatic carbocycles. The Hall–Kier alpha value is -1.62. The van der Waals surface area contributed by atoms with E-state index in [9.17, 15) is 4.79 Å². The number of thiophene rings is 1. The van der Waals surface area contributed by atoms with Crippen LogP contribution in [0.3, 0.4) is 0 Å². The summed E-state index contributed by atoms with van der Waals surface area (Å²) in [7, 11) is 0. The van der Waals surface area contributed by atoms with Gasteiger partial charge in [0.15, 0.2) is 0 Å². The number of carbonyl (C=O) groups is 1. The number of rotatable bonds is 6. The van der Waals surface area contributed by atoms with Crippen LogP contribution < -0.4 is 5.32 Å². The van der Waals surface area contributed by atoms with E-state index < -0.39 is 0 Å². The summed E-state index contributed by atoms with van der Waals surface area (Å²) in [6.07, 6.45) is 0.582. The molecule has 1 N–H and O–H groups in total. The van der Waals surface area contributed by atoms with Gasteiger partial charge >= 0.3 is 0 Å². The van der Waals surface area contributed by atoms with Crippen LogP contribution in [0.25, 0.3) is 10.6 Å². The quantitative estimate of drug-likeness (QED) is 0.889. The van der Waals surface area contributed by atoms with Gasteiger partial charge < -0.3 is 5.32 Å². The van der Waals surface area contributed by atoms with Crippen molar-refractivity contribution in [3.8, 4) is 10.6 Å². The Morgan fingerprint density at radius 3 is 2.95 bits per heavy atom. The van der Waals surface area contributed by atoms with Gasteiger partial charge in [-0.3, -0.25) is 9.48 Å². The van der Waals surface area contributed by atoms with E-state index in [1.807, 2.05) is 31.5 Å². The maximum Gasteiger partial charge on any atom is 0.220 e. The molecule has 108 valence electrons. The molecule has 0 saturated carbocycles. The van der Waals surface area contributed by atoms with E-state index in [1.165, 1.54) is 4.88 Å². The lowest BCUT2D eigenvalue weighted by Gasteiger charge is -2.08. The average molecular weight is 291 g/mol. The fourth-order valence-corrected chi connectivity index (χ4v) is 2.71. The van der Waals surface area contributed by atoms with Gasteiger partial charge in [-0.05, 0) is 30.4 Å². The molecule has 5 heteroatoms. The lowest BCUT2D eigenvalue weighted by Crippen LogP contribution is -2.28. The van der Waals surface area contributed by atoms with E-state index in [-0.39, 0.29) is 5.91 Å². The van der Waals surface area contributed by atoms with Crippen LogP contribution in [-0.2, 0) is 11.3 Å². The number of aryl methyl sites for hydroxylation is 1. The van der Waals surface area contributed by atoms with Gasteiger partial charge in [-0.2, -0.15) is 5.10 Å². The van der Waals surface area contributed by atoms with Gasteiger partial charge in [-0.25, -0.2) is 0 Å². The fourth-order valence-electron chi connectivity index (χ4n) is 2.03. The van der Waals surface area contributed by atoms with Crippen molar-refractivity contribution < 1.29 is 4.79 Å².